The molecule has 0 aromatic heterocycles. The number of alkyl carbamates (subject to hydrolysis) is 1. The van der Waals surface area contributed by atoms with Crippen molar-refractivity contribution in [3.05, 3.63) is 34.9 Å². The number of alkyl halides is 6. The number of ether oxygens (including phenoxy) is 1. The number of halogens is 6. The molecule has 0 saturated heterocycles. The average molecular weight is 566 g/mol. The molecule has 1 aromatic carbocycles. The van der Waals surface area contributed by atoms with Crippen LogP contribution in [-0.2, 0) is 17.1 Å². The lowest BCUT2D eigenvalue weighted by molar-refractivity contribution is -0.143. The molecule has 2 fully saturated rings. The Balaban J connectivity index is 1.49. The molecule has 0 heterocycles. The zero-order chi connectivity index (χ0) is 29.1. The van der Waals surface area contributed by atoms with Gasteiger partial charge >= 0.3 is 18.4 Å². The monoisotopic (exact) mass is 565 g/mol. The molecule has 12 heteroatoms. The molecule has 2 aliphatic rings. The lowest BCUT2D eigenvalue weighted by Crippen LogP contribution is -2.55. The Morgan fingerprint density at radius 2 is 1.44 bits per heavy atom. The Morgan fingerprint density at radius 3 is 1.92 bits per heavy atom. The summed E-state index contributed by atoms with van der Waals surface area (Å²) in [5, 5.41) is 9.12. The van der Waals surface area contributed by atoms with Gasteiger partial charge < -0.3 is 20.7 Å². The van der Waals surface area contributed by atoms with Gasteiger partial charge in [0.25, 0.3) is 5.91 Å². The van der Waals surface area contributed by atoms with Crippen LogP contribution in [0.15, 0.2) is 18.2 Å². The van der Waals surface area contributed by atoms with Crippen LogP contribution in [0.2, 0.25) is 0 Å². The summed E-state index contributed by atoms with van der Waals surface area (Å²) in [5.41, 5.74) is -4.67. The molecule has 39 heavy (non-hydrogen) atoms. The molecule has 2 saturated carbocycles. The molecule has 0 aliphatic heterocycles. The highest BCUT2D eigenvalue weighted by atomic mass is 19.4. The van der Waals surface area contributed by atoms with Crippen molar-refractivity contribution in [2.24, 2.45) is 5.92 Å². The van der Waals surface area contributed by atoms with E-state index in [1.54, 1.807) is 0 Å². The fraction of sp³-hybridized carbons (Fsp3) is 0.704. The second kappa shape index (κ2) is 11.9. The molecule has 0 spiro atoms. The van der Waals surface area contributed by atoms with Crippen LogP contribution < -0.4 is 16.0 Å². The molecular formula is C27H37F6N3O3. The van der Waals surface area contributed by atoms with Gasteiger partial charge in [-0.15, -0.1) is 0 Å². The van der Waals surface area contributed by atoms with Crippen LogP contribution >= 0.6 is 0 Å². The quantitative estimate of drug-likeness (QED) is 0.333. The second-order valence-corrected chi connectivity index (χ2v) is 11.7. The fourth-order valence-corrected chi connectivity index (χ4v) is 5.25. The maximum absolute atomic E-state index is 13.1. The van der Waals surface area contributed by atoms with Crippen molar-refractivity contribution in [1.29, 1.82) is 0 Å². The number of carbonyl (C=O) groups excluding carboxylic acids is 2. The molecule has 220 valence electrons. The number of hydrogen-bond donors (Lipinski definition) is 3. The third-order valence-electron chi connectivity index (χ3n) is 7.30. The minimum Gasteiger partial charge on any atom is -0.444 e. The van der Waals surface area contributed by atoms with Crippen LogP contribution in [0.5, 0.6) is 0 Å². The standard InChI is InChI=1S/C27H37F6N3O3/c1-24(2,3)39-23(38)36-25(10-4-5-11-25)16-35-21-8-6-17(7-9-21)15-34-22(37)18-12-19(26(28,29)30)14-20(13-18)27(31,32)33/h12-14,17,21,35H,4-11,15-16H2,1-3H3,(H,34,37)(H,36,38). The topological polar surface area (TPSA) is 79.5 Å². The Kier molecular flexibility index (Phi) is 9.50. The Labute approximate surface area is 224 Å². The maximum atomic E-state index is 13.1. The summed E-state index contributed by atoms with van der Waals surface area (Å²) < 4.78 is 84.0. The molecule has 0 bridgehead atoms. The zero-order valence-electron chi connectivity index (χ0n) is 22.5. The molecule has 0 atom stereocenters. The predicted octanol–water partition coefficient (Wildman–Crippen LogP) is 6.44. The van der Waals surface area contributed by atoms with E-state index in [9.17, 15) is 35.9 Å². The first kappa shape index (κ1) is 31.0. The van der Waals surface area contributed by atoms with Gasteiger partial charge in [-0.2, -0.15) is 26.3 Å². The van der Waals surface area contributed by atoms with Crippen LogP contribution in [0.4, 0.5) is 31.1 Å². The molecule has 1 aromatic rings. The van der Waals surface area contributed by atoms with E-state index >= 15 is 0 Å². The Morgan fingerprint density at radius 1 is 0.897 bits per heavy atom. The fourth-order valence-electron chi connectivity index (χ4n) is 5.25. The molecule has 2 aliphatic carbocycles. The molecule has 2 amide bonds. The van der Waals surface area contributed by atoms with Crippen LogP contribution in [0.3, 0.4) is 0 Å². The van der Waals surface area contributed by atoms with Gasteiger partial charge in [0.1, 0.15) is 5.60 Å². The smallest absolute Gasteiger partial charge is 0.416 e. The van der Waals surface area contributed by atoms with Gasteiger partial charge in [0.05, 0.1) is 16.7 Å². The van der Waals surface area contributed by atoms with Crippen molar-refractivity contribution < 1.29 is 40.7 Å². The van der Waals surface area contributed by atoms with Gasteiger partial charge in [0.15, 0.2) is 0 Å². The lowest BCUT2D eigenvalue weighted by Gasteiger charge is -2.35. The van der Waals surface area contributed by atoms with E-state index in [-0.39, 0.29) is 30.1 Å². The van der Waals surface area contributed by atoms with E-state index in [4.69, 9.17) is 4.74 Å². The summed E-state index contributed by atoms with van der Waals surface area (Å²) in [7, 11) is 0. The summed E-state index contributed by atoms with van der Waals surface area (Å²) in [5.74, 6) is -0.913. The molecule has 6 nitrogen and oxygen atoms in total. The Bertz CT molecular complexity index is 973. The van der Waals surface area contributed by atoms with Crippen LogP contribution in [-0.4, -0.2) is 42.3 Å². The maximum Gasteiger partial charge on any atom is 0.416 e. The first-order chi connectivity index (χ1) is 18.0. The minimum absolute atomic E-state index is 0.00377. The van der Waals surface area contributed by atoms with Crippen LogP contribution in [0.25, 0.3) is 0 Å². The number of carbonyl (C=O) groups is 2. The number of rotatable bonds is 7. The molecular weight excluding hydrogens is 528 g/mol. The second-order valence-electron chi connectivity index (χ2n) is 11.7. The SMILES string of the molecule is CC(C)(C)OC(=O)NC1(CNC2CCC(CNC(=O)c3cc(C(F)(F)F)cc(C(F)(F)F)c3)CC2)CCCC1. The van der Waals surface area contributed by atoms with Gasteiger partial charge in [0, 0.05) is 24.7 Å². The minimum atomic E-state index is -5.01. The number of hydrogen-bond acceptors (Lipinski definition) is 4. The Hall–Kier alpha value is -2.50. The molecule has 3 rings (SSSR count). The molecule has 3 N–H and O–H groups in total. The third kappa shape index (κ3) is 9.29. The van der Waals surface area contributed by atoms with Gasteiger partial charge in [0.2, 0.25) is 0 Å². The summed E-state index contributed by atoms with van der Waals surface area (Å²) in [6, 6.07) is 1.09. The van der Waals surface area contributed by atoms with Crippen molar-refractivity contribution >= 4 is 12.0 Å². The highest BCUT2D eigenvalue weighted by molar-refractivity contribution is 5.94. The third-order valence-corrected chi connectivity index (χ3v) is 7.30. The van der Waals surface area contributed by atoms with E-state index in [0.717, 1.165) is 51.4 Å². The number of nitrogens with one attached hydrogen (secondary N) is 3. The summed E-state index contributed by atoms with van der Waals surface area (Å²) in [4.78, 5) is 24.8. The predicted molar refractivity (Wildman–Crippen MR) is 133 cm³/mol. The highest BCUT2D eigenvalue weighted by Gasteiger charge is 2.39. The van der Waals surface area contributed by atoms with Crippen LogP contribution in [0.1, 0.15) is 93.6 Å². The van der Waals surface area contributed by atoms with Crippen molar-refractivity contribution in [2.45, 2.75) is 102 Å². The van der Waals surface area contributed by atoms with E-state index in [1.165, 1.54) is 0 Å². The van der Waals surface area contributed by atoms with Gasteiger partial charge in [-0.05, 0) is 83.4 Å². The largest absolute Gasteiger partial charge is 0.444 e. The van der Waals surface area contributed by atoms with Gasteiger partial charge in [-0.3, -0.25) is 4.79 Å². The van der Waals surface area contributed by atoms with E-state index in [2.05, 4.69) is 16.0 Å². The number of amides is 2. The van der Waals surface area contributed by atoms with Gasteiger partial charge in [-0.25, -0.2) is 4.79 Å². The molecule has 0 radical (unpaired) electrons. The van der Waals surface area contributed by atoms with Crippen molar-refractivity contribution in [1.82, 2.24) is 16.0 Å². The van der Waals surface area contributed by atoms with E-state index < -0.39 is 46.6 Å². The summed E-state index contributed by atoms with van der Waals surface area (Å²) in [6.45, 7) is 6.20. The van der Waals surface area contributed by atoms with Crippen molar-refractivity contribution in [3.63, 3.8) is 0 Å². The summed E-state index contributed by atoms with van der Waals surface area (Å²) in [6.07, 6.45) is -3.66. The first-order valence-corrected chi connectivity index (χ1v) is 13.3. The lowest BCUT2D eigenvalue weighted by atomic mass is 9.85. The van der Waals surface area contributed by atoms with E-state index in [0.29, 0.717) is 18.7 Å². The number of benzene rings is 1. The normalized spacial score (nSPS) is 21.9. The van der Waals surface area contributed by atoms with Crippen molar-refractivity contribution in [2.75, 3.05) is 13.1 Å². The summed E-state index contributed by atoms with van der Waals surface area (Å²) >= 11 is 0. The van der Waals surface area contributed by atoms with Crippen LogP contribution in [0, 0.1) is 5.92 Å². The molecule has 0 unspecified atom stereocenters. The van der Waals surface area contributed by atoms with Gasteiger partial charge in [-0.1, -0.05) is 12.8 Å². The average Bonchev–Trinajstić information content (AvgIpc) is 3.27. The zero-order valence-corrected chi connectivity index (χ0v) is 22.5. The highest BCUT2D eigenvalue weighted by Crippen LogP contribution is 2.36. The van der Waals surface area contributed by atoms with E-state index in [1.807, 2.05) is 20.8 Å². The van der Waals surface area contributed by atoms with Crippen molar-refractivity contribution in [3.8, 4) is 0 Å². The first-order valence-electron chi connectivity index (χ1n) is 13.3.